The Labute approximate surface area is 197 Å². The summed E-state index contributed by atoms with van der Waals surface area (Å²) in [5, 5.41) is 7.12. The van der Waals surface area contributed by atoms with Gasteiger partial charge in [0.05, 0.1) is 19.1 Å². The van der Waals surface area contributed by atoms with Crippen molar-refractivity contribution >= 4 is 11.8 Å². The molecule has 0 bridgehead atoms. The second-order valence-electron chi connectivity index (χ2n) is 7.88. The Hall–Kier alpha value is -3.43. The van der Waals surface area contributed by atoms with Gasteiger partial charge < -0.3 is 14.7 Å². The number of anilines is 1. The maximum absolute atomic E-state index is 13.3. The van der Waals surface area contributed by atoms with Crippen LogP contribution in [0.5, 0.6) is 5.88 Å². The summed E-state index contributed by atoms with van der Waals surface area (Å²) in [6.45, 7) is -0.103. The van der Waals surface area contributed by atoms with Crippen LogP contribution >= 0.6 is 0 Å². The molecule has 198 valence electrons. The fraction of sp³-hybridized carbons (Fsp3) is 0.450. The number of carboxylic acids is 1. The fourth-order valence-electron chi connectivity index (χ4n) is 3.73. The average molecular weight is 530 g/mol. The molecule has 2 aliphatic rings. The lowest BCUT2D eigenvalue weighted by Gasteiger charge is -2.38. The Bertz CT molecular complexity index is 1170. The Balaban J connectivity index is 0.000000454. The van der Waals surface area contributed by atoms with E-state index >= 15 is 0 Å². The number of nitrogens with zero attached hydrogens (tertiary/aromatic N) is 4. The third kappa shape index (κ3) is 6.83. The molecule has 1 aromatic heterocycles. The summed E-state index contributed by atoms with van der Waals surface area (Å²) in [4.78, 5) is 28.3. The molecule has 0 aliphatic carbocycles. The molecule has 1 atom stereocenters. The van der Waals surface area contributed by atoms with Gasteiger partial charge in [-0.1, -0.05) is 6.07 Å². The van der Waals surface area contributed by atoms with E-state index in [1.807, 2.05) is 4.90 Å². The first kappa shape index (κ1) is 27.2. The first-order valence-electron chi connectivity index (χ1n) is 10.2. The number of hydrogen-bond donors (Lipinski definition) is 1. The van der Waals surface area contributed by atoms with Crippen LogP contribution in [0.3, 0.4) is 0 Å². The number of piperazine rings is 1. The summed E-state index contributed by atoms with van der Waals surface area (Å²) in [6, 6.07) is 4.60. The smallest absolute Gasteiger partial charge is 0.475 e. The molecule has 1 unspecified atom stereocenters. The van der Waals surface area contributed by atoms with E-state index < -0.39 is 42.2 Å². The van der Waals surface area contributed by atoms with Crippen LogP contribution in [0, 0.1) is 11.6 Å². The van der Waals surface area contributed by atoms with Gasteiger partial charge in [-0.15, -0.1) is 0 Å². The molecule has 2 aliphatic heterocycles. The van der Waals surface area contributed by atoms with Crippen LogP contribution < -0.4 is 15.3 Å². The van der Waals surface area contributed by atoms with Crippen molar-refractivity contribution in [2.75, 3.05) is 31.1 Å². The van der Waals surface area contributed by atoms with Gasteiger partial charge in [0.2, 0.25) is 5.88 Å². The molecule has 2 aromatic rings. The van der Waals surface area contributed by atoms with Crippen LogP contribution in [0.25, 0.3) is 0 Å². The van der Waals surface area contributed by atoms with Gasteiger partial charge in [-0.25, -0.2) is 18.4 Å². The van der Waals surface area contributed by atoms with Gasteiger partial charge in [-0.05, 0) is 17.7 Å². The number of benzene rings is 1. The first-order valence-corrected chi connectivity index (χ1v) is 10.2. The zero-order valence-electron chi connectivity index (χ0n) is 18.1. The molecule has 0 radical (unpaired) electrons. The highest BCUT2D eigenvalue weighted by atomic mass is 19.4. The van der Waals surface area contributed by atoms with Gasteiger partial charge in [0, 0.05) is 25.7 Å². The predicted molar refractivity (Wildman–Crippen MR) is 107 cm³/mol. The molecule has 36 heavy (non-hydrogen) atoms. The van der Waals surface area contributed by atoms with Gasteiger partial charge in [-0.2, -0.15) is 31.3 Å². The Morgan fingerprint density at radius 3 is 2.31 bits per heavy atom. The molecule has 4 rings (SSSR count). The molecule has 1 aromatic carbocycles. The summed E-state index contributed by atoms with van der Waals surface area (Å²) < 4.78 is 103. The number of carbonyl (C=O) groups is 1. The molecule has 0 spiro atoms. The van der Waals surface area contributed by atoms with Crippen LogP contribution in [0.2, 0.25) is 0 Å². The number of hydrogen-bond acceptors (Lipinski definition) is 6. The molecule has 1 fully saturated rings. The van der Waals surface area contributed by atoms with Gasteiger partial charge in [0.15, 0.2) is 11.6 Å². The number of halogens is 8. The summed E-state index contributed by atoms with van der Waals surface area (Å²) in [6.07, 6.45) is -9.35. The highest BCUT2D eigenvalue weighted by molar-refractivity contribution is 5.73. The van der Waals surface area contributed by atoms with E-state index in [1.54, 1.807) is 6.07 Å². The maximum atomic E-state index is 13.3. The molecule has 8 nitrogen and oxygen atoms in total. The standard InChI is InChI=1S/C18H17F5N4O2.C2HF3O2/c19-13-2-1-11(5-14(13)20)9-29-15-6-16-26-4-3-25(10-18(21,22)23)7-12(26)8-27(16)17(28)24-15;3-2(4,5)1(6)7/h1-2,5-6,12H,3-4,7-10H2;(H,6,7). The van der Waals surface area contributed by atoms with Gasteiger partial charge >= 0.3 is 24.0 Å². The lowest BCUT2D eigenvalue weighted by molar-refractivity contribution is -0.192. The van der Waals surface area contributed by atoms with Crippen LogP contribution in [0.15, 0.2) is 29.1 Å². The van der Waals surface area contributed by atoms with Crippen molar-refractivity contribution in [3.05, 3.63) is 51.9 Å². The lowest BCUT2D eigenvalue weighted by atomic mass is 10.2. The van der Waals surface area contributed by atoms with E-state index in [-0.39, 0.29) is 38.2 Å². The van der Waals surface area contributed by atoms with Gasteiger partial charge in [0.25, 0.3) is 0 Å². The number of ether oxygens (including phenoxy) is 1. The van der Waals surface area contributed by atoms with Crippen molar-refractivity contribution in [1.82, 2.24) is 14.5 Å². The lowest BCUT2D eigenvalue weighted by Crippen LogP contribution is -2.53. The summed E-state index contributed by atoms with van der Waals surface area (Å²) >= 11 is 0. The highest BCUT2D eigenvalue weighted by Gasteiger charge is 2.39. The van der Waals surface area contributed by atoms with Crippen molar-refractivity contribution < 1.29 is 49.8 Å². The normalized spacial score (nSPS) is 17.7. The number of aliphatic carboxylic acids is 1. The molecule has 0 amide bonds. The highest BCUT2D eigenvalue weighted by Crippen LogP contribution is 2.30. The third-order valence-corrected chi connectivity index (χ3v) is 5.24. The molecule has 3 heterocycles. The van der Waals surface area contributed by atoms with Crippen molar-refractivity contribution in [3.63, 3.8) is 0 Å². The van der Waals surface area contributed by atoms with E-state index in [9.17, 15) is 39.9 Å². The third-order valence-electron chi connectivity index (χ3n) is 5.24. The molecular formula is C20H18F8N4O4. The van der Waals surface area contributed by atoms with Gasteiger partial charge in [-0.3, -0.25) is 9.47 Å². The molecular weight excluding hydrogens is 512 g/mol. The van der Waals surface area contributed by atoms with Gasteiger partial charge in [0.1, 0.15) is 12.4 Å². The number of rotatable bonds is 4. The minimum Gasteiger partial charge on any atom is -0.475 e. The van der Waals surface area contributed by atoms with E-state index in [2.05, 4.69) is 4.98 Å². The SMILES string of the molecule is O=C(O)C(F)(F)F.O=c1nc(OCc2ccc(F)c(F)c2)cc2n1CC1CN(CC(F)(F)F)CCN21. The maximum Gasteiger partial charge on any atom is 0.490 e. The van der Waals surface area contributed by atoms with Crippen LogP contribution in [-0.4, -0.2) is 70.1 Å². The fourth-order valence-corrected chi connectivity index (χ4v) is 3.73. The number of fused-ring (bicyclic) bond motifs is 3. The zero-order valence-corrected chi connectivity index (χ0v) is 18.1. The summed E-state index contributed by atoms with van der Waals surface area (Å²) in [7, 11) is 0. The van der Waals surface area contributed by atoms with E-state index in [1.165, 1.54) is 15.5 Å². The summed E-state index contributed by atoms with van der Waals surface area (Å²) in [5.41, 5.74) is -0.204. The molecule has 1 saturated heterocycles. The molecule has 0 saturated carbocycles. The quantitative estimate of drug-likeness (QED) is 0.609. The van der Waals surface area contributed by atoms with Crippen LogP contribution in [-0.2, 0) is 17.9 Å². The first-order chi connectivity index (χ1) is 16.6. The summed E-state index contributed by atoms with van der Waals surface area (Å²) in [5.74, 6) is -4.19. The number of carboxylic acid groups (broad SMARTS) is 1. The Kier molecular flexibility index (Phi) is 7.76. The van der Waals surface area contributed by atoms with Crippen molar-refractivity contribution in [1.29, 1.82) is 0 Å². The average Bonchev–Trinajstić information content (AvgIpc) is 3.11. The van der Waals surface area contributed by atoms with Crippen LogP contribution in [0.1, 0.15) is 5.56 Å². The minimum absolute atomic E-state index is 0.0179. The molecule has 16 heteroatoms. The number of alkyl halides is 6. The minimum atomic E-state index is -5.08. The Morgan fingerprint density at radius 2 is 1.72 bits per heavy atom. The largest absolute Gasteiger partial charge is 0.490 e. The topological polar surface area (TPSA) is 87.9 Å². The Morgan fingerprint density at radius 1 is 1.06 bits per heavy atom. The predicted octanol–water partition coefficient (Wildman–Crippen LogP) is 2.80. The van der Waals surface area contributed by atoms with E-state index in [0.29, 0.717) is 17.9 Å². The molecule has 1 N–H and O–H groups in total. The van der Waals surface area contributed by atoms with Crippen molar-refractivity contribution in [3.8, 4) is 5.88 Å². The zero-order chi connectivity index (χ0) is 26.8. The second kappa shape index (κ2) is 10.3. The van der Waals surface area contributed by atoms with Crippen molar-refractivity contribution in [2.45, 2.75) is 31.5 Å². The van der Waals surface area contributed by atoms with Crippen LogP contribution in [0.4, 0.5) is 40.9 Å². The van der Waals surface area contributed by atoms with Crippen molar-refractivity contribution in [2.24, 2.45) is 0 Å². The second-order valence-corrected chi connectivity index (χ2v) is 7.88. The number of aromatic nitrogens is 2. The van der Waals surface area contributed by atoms with E-state index in [0.717, 1.165) is 12.1 Å². The van der Waals surface area contributed by atoms with E-state index in [4.69, 9.17) is 14.6 Å². The monoisotopic (exact) mass is 530 g/mol.